The summed E-state index contributed by atoms with van der Waals surface area (Å²) in [6.45, 7) is 2.25. The van der Waals surface area contributed by atoms with Crippen LogP contribution in [0.25, 0.3) is 0 Å². The maximum Gasteiger partial charge on any atom is 0.171 e. The molecule has 2 atom stereocenters. The molecule has 0 bridgehead atoms. The predicted octanol–water partition coefficient (Wildman–Crippen LogP) is 1.81. The molecule has 0 aliphatic carbocycles. The summed E-state index contributed by atoms with van der Waals surface area (Å²) in [5.41, 5.74) is 0. The van der Waals surface area contributed by atoms with Gasteiger partial charge < -0.3 is 15.0 Å². The van der Waals surface area contributed by atoms with Gasteiger partial charge in [-0.2, -0.15) is 0 Å². The number of methoxy groups -OCH3 is 1. The fourth-order valence-electron chi connectivity index (χ4n) is 3.27. The van der Waals surface area contributed by atoms with Crippen molar-refractivity contribution in [3.05, 3.63) is 18.3 Å². The SMILES string of the molecule is COc1cccnc1N1CCCC1C1CCCN1. The topological polar surface area (TPSA) is 37.4 Å². The summed E-state index contributed by atoms with van der Waals surface area (Å²) in [6, 6.07) is 5.14. The van der Waals surface area contributed by atoms with Crippen molar-refractivity contribution in [1.29, 1.82) is 0 Å². The van der Waals surface area contributed by atoms with E-state index in [0.717, 1.165) is 24.7 Å². The molecule has 2 fully saturated rings. The minimum atomic E-state index is 0.580. The fourth-order valence-corrected chi connectivity index (χ4v) is 3.27. The van der Waals surface area contributed by atoms with Gasteiger partial charge in [0.15, 0.2) is 11.6 Å². The van der Waals surface area contributed by atoms with Crippen molar-refractivity contribution in [2.45, 2.75) is 37.8 Å². The van der Waals surface area contributed by atoms with Crippen molar-refractivity contribution < 1.29 is 4.74 Å². The van der Waals surface area contributed by atoms with Crippen LogP contribution in [0.2, 0.25) is 0 Å². The third-order valence-electron chi connectivity index (χ3n) is 4.10. The molecule has 2 unspecified atom stereocenters. The molecule has 2 aliphatic rings. The van der Waals surface area contributed by atoms with Crippen molar-refractivity contribution >= 4 is 5.82 Å². The highest BCUT2D eigenvalue weighted by molar-refractivity contribution is 5.54. The number of nitrogens with one attached hydrogen (secondary N) is 1. The van der Waals surface area contributed by atoms with Gasteiger partial charge in [0.2, 0.25) is 0 Å². The van der Waals surface area contributed by atoms with Crippen molar-refractivity contribution in [2.75, 3.05) is 25.1 Å². The number of nitrogens with zero attached hydrogens (tertiary/aromatic N) is 2. The molecule has 0 amide bonds. The summed E-state index contributed by atoms with van der Waals surface area (Å²) >= 11 is 0. The van der Waals surface area contributed by atoms with Gasteiger partial charge in [-0.05, 0) is 44.4 Å². The Kier molecular flexibility index (Phi) is 3.37. The first-order valence-corrected chi connectivity index (χ1v) is 6.89. The molecule has 4 nitrogen and oxygen atoms in total. The molecule has 0 saturated carbocycles. The predicted molar refractivity (Wildman–Crippen MR) is 72.2 cm³/mol. The Morgan fingerprint density at radius 3 is 3.11 bits per heavy atom. The summed E-state index contributed by atoms with van der Waals surface area (Å²) in [6.07, 6.45) is 6.96. The second-order valence-electron chi connectivity index (χ2n) is 5.14. The zero-order valence-corrected chi connectivity index (χ0v) is 10.9. The number of ether oxygens (including phenoxy) is 1. The van der Waals surface area contributed by atoms with Crippen molar-refractivity contribution in [3.8, 4) is 5.75 Å². The van der Waals surface area contributed by atoms with Crippen LogP contribution in [0.5, 0.6) is 5.75 Å². The Balaban J connectivity index is 1.85. The highest BCUT2D eigenvalue weighted by atomic mass is 16.5. The van der Waals surface area contributed by atoms with E-state index in [1.165, 1.54) is 25.7 Å². The largest absolute Gasteiger partial charge is 0.493 e. The van der Waals surface area contributed by atoms with Gasteiger partial charge >= 0.3 is 0 Å². The van der Waals surface area contributed by atoms with Crippen molar-refractivity contribution in [2.24, 2.45) is 0 Å². The smallest absolute Gasteiger partial charge is 0.171 e. The van der Waals surface area contributed by atoms with Gasteiger partial charge in [0.1, 0.15) is 0 Å². The lowest BCUT2D eigenvalue weighted by Crippen LogP contribution is -2.44. The standard InChI is InChI=1S/C14H21N3O/c1-18-13-7-3-9-16-14(13)17-10-4-6-12(17)11-5-2-8-15-11/h3,7,9,11-12,15H,2,4-6,8,10H2,1H3. The Labute approximate surface area is 108 Å². The zero-order valence-electron chi connectivity index (χ0n) is 10.9. The molecule has 0 radical (unpaired) electrons. The minimum Gasteiger partial charge on any atom is -0.493 e. The van der Waals surface area contributed by atoms with E-state index < -0.39 is 0 Å². The highest BCUT2D eigenvalue weighted by Crippen LogP contribution is 2.33. The summed E-state index contributed by atoms with van der Waals surface area (Å²) in [5, 5.41) is 3.63. The first-order chi connectivity index (χ1) is 8.90. The number of hydrogen-bond acceptors (Lipinski definition) is 4. The van der Waals surface area contributed by atoms with E-state index in [0.29, 0.717) is 12.1 Å². The van der Waals surface area contributed by atoms with Crippen LogP contribution < -0.4 is 15.0 Å². The molecule has 98 valence electrons. The van der Waals surface area contributed by atoms with Crippen LogP contribution >= 0.6 is 0 Å². The van der Waals surface area contributed by atoms with E-state index in [1.54, 1.807) is 7.11 Å². The van der Waals surface area contributed by atoms with Crippen molar-refractivity contribution in [1.82, 2.24) is 10.3 Å². The summed E-state index contributed by atoms with van der Waals surface area (Å²) < 4.78 is 5.44. The molecule has 0 aromatic carbocycles. The summed E-state index contributed by atoms with van der Waals surface area (Å²) in [5.74, 6) is 1.90. The minimum absolute atomic E-state index is 0.580. The van der Waals surface area contributed by atoms with E-state index in [4.69, 9.17) is 4.74 Å². The van der Waals surface area contributed by atoms with E-state index >= 15 is 0 Å². The Morgan fingerprint density at radius 2 is 2.33 bits per heavy atom. The van der Waals surface area contributed by atoms with Crippen LogP contribution in [0.4, 0.5) is 5.82 Å². The van der Waals surface area contributed by atoms with Gasteiger partial charge in [-0.25, -0.2) is 4.98 Å². The molecule has 3 heterocycles. The average Bonchev–Trinajstić information content (AvgIpc) is 3.09. The van der Waals surface area contributed by atoms with Crippen LogP contribution in [-0.2, 0) is 0 Å². The molecule has 1 N–H and O–H groups in total. The van der Waals surface area contributed by atoms with Crippen molar-refractivity contribution in [3.63, 3.8) is 0 Å². The second kappa shape index (κ2) is 5.14. The summed E-state index contributed by atoms with van der Waals surface area (Å²) in [4.78, 5) is 6.96. The Morgan fingerprint density at radius 1 is 1.39 bits per heavy atom. The highest BCUT2D eigenvalue weighted by Gasteiger charge is 2.34. The third-order valence-corrected chi connectivity index (χ3v) is 4.10. The molecule has 2 aliphatic heterocycles. The number of pyridine rings is 1. The molecule has 4 heteroatoms. The van der Waals surface area contributed by atoms with E-state index in [9.17, 15) is 0 Å². The quantitative estimate of drug-likeness (QED) is 0.884. The molecule has 0 spiro atoms. The van der Waals surface area contributed by atoms with E-state index in [-0.39, 0.29) is 0 Å². The first kappa shape index (κ1) is 11.8. The van der Waals surface area contributed by atoms with E-state index in [1.807, 2.05) is 18.3 Å². The molecule has 1 aromatic rings. The van der Waals surface area contributed by atoms with E-state index in [2.05, 4.69) is 15.2 Å². The molecular formula is C14H21N3O. The lowest BCUT2D eigenvalue weighted by molar-refractivity contribution is 0.408. The van der Waals surface area contributed by atoms with Crippen LogP contribution in [0.3, 0.4) is 0 Å². The normalized spacial score (nSPS) is 27.7. The van der Waals surface area contributed by atoms with Crippen LogP contribution in [-0.4, -0.2) is 37.3 Å². The van der Waals surface area contributed by atoms with Gasteiger partial charge in [-0.1, -0.05) is 0 Å². The van der Waals surface area contributed by atoms with Crippen LogP contribution in [0.15, 0.2) is 18.3 Å². The Bertz CT molecular complexity index is 404. The number of aromatic nitrogens is 1. The Hall–Kier alpha value is -1.29. The zero-order chi connectivity index (χ0) is 12.4. The lowest BCUT2D eigenvalue weighted by atomic mass is 10.0. The number of anilines is 1. The second-order valence-corrected chi connectivity index (χ2v) is 5.14. The maximum absolute atomic E-state index is 5.44. The molecule has 18 heavy (non-hydrogen) atoms. The van der Waals surface area contributed by atoms with Gasteiger partial charge in [0.25, 0.3) is 0 Å². The first-order valence-electron chi connectivity index (χ1n) is 6.89. The molecule has 2 saturated heterocycles. The third kappa shape index (κ3) is 2.05. The average molecular weight is 247 g/mol. The monoisotopic (exact) mass is 247 g/mol. The van der Waals surface area contributed by atoms with Crippen LogP contribution in [0.1, 0.15) is 25.7 Å². The lowest BCUT2D eigenvalue weighted by Gasteiger charge is -2.31. The fraction of sp³-hybridized carbons (Fsp3) is 0.643. The number of rotatable bonds is 3. The molecule has 3 rings (SSSR count). The maximum atomic E-state index is 5.44. The summed E-state index contributed by atoms with van der Waals surface area (Å²) in [7, 11) is 1.72. The molecule has 1 aromatic heterocycles. The van der Waals surface area contributed by atoms with Gasteiger partial charge in [0.05, 0.1) is 7.11 Å². The van der Waals surface area contributed by atoms with Gasteiger partial charge in [-0.15, -0.1) is 0 Å². The number of hydrogen-bond donors (Lipinski definition) is 1. The van der Waals surface area contributed by atoms with Gasteiger partial charge in [-0.3, -0.25) is 0 Å². The van der Waals surface area contributed by atoms with Crippen LogP contribution in [0, 0.1) is 0 Å². The molecular weight excluding hydrogens is 226 g/mol. The van der Waals surface area contributed by atoms with Gasteiger partial charge in [0, 0.05) is 24.8 Å².